The summed E-state index contributed by atoms with van der Waals surface area (Å²) in [6, 6.07) is 18.6. The van der Waals surface area contributed by atoms with E-state index in [9.17, 15) is 4.79 Å². The van der Waals surface area contributed by atoms with Gasteiger partial charge in [0, 0.05) is 26.2 Å². The average Bonchev–Trinajstić information content (AvgIpc) is 3.04. The van der Waals surface area contributed by atoms with Crippen molar-refractivity contribution in [1.82, 2.24) is 9.80 Å². The lowest BCUT2D eigenvalue weighted by atomic mass is 10.0. The third kappa shape index (κ3) is 3.74. The van der Waals surface area contributed by atoms with E-state index in [4.69, 9.17) is 0 Å². The molecule has 0 N–H and O–H groups in total. The van der Waals surface area contributed by atoms with E-state index in [1.807, 2.05) is 24.3 Å². The molecule has 0 aromatic heterocycles. The van der Waals surface area contributed by atoms with E-state index in [0.29, 0.717) is 4.91 Å². The summed E-state index contributed by atoms with van der Waals surface area (Å²) in [6.07, 6.45) is 1.94. The Bertz CT molecular complexity index is 851. The number of hydrogen-bond donors (Lipinski definition) is 0. The maximum absolute atomic E-state index is 12.3. The number of rotatable bonds is 2. The van der Waals surface area contributed by atoms with Crippen LogP contribution < -0.4 is 0 Å². The van der Waals surface area contributed by atoms with Gasteiger partial charge in [0.15, 0.2) is 5.17 Å². The minimum atomic E-state index is -0.129. The number of amidine groups is 1. The number of amides is 1. The summed E-state index contributed by atoms with van der Waals surface area (Å²) in [5, 5.41) is 0.843. The predicted octanol–water partition coefficient (Wildman–Crippen LogP) is 3.57. The van der Waals surface area contributed by atoms with Crippen LogP contribution in [0.1, 0.15) is 5.56 Å². The fourth-order valence-corrected chi connectivity index (χ4v) is 4.05. The summed E-state index contributed by atoms with van der Waals surface area (Å²) in [6.45, 7) is 3.87. The molecule has 2 heterocycles. The summed E-state index contributed by atoms with van der Waals surface area (Å²) in [4.78, 5) is 21.7. The molecule has 4 rings (SSSR count). The highest BCUT2D eigenvalue weighted by Crippen LogP contribution is 2.31. The van der Waals surface area contributed by atoms with Crippen molar-refractivity contribution in [2.24, 2.45) is 4.99 Å². The van der Waals surface area contributed by atoms with Gasteiger partial charge < -0.3 is 9.80 Å². The molecule has 4 nitrogen and oxygen atoms in total. The molecule has 0 aliphatic carbocycles. The lowest BCUT2D eigenvalue weighted by Gasteiger charge is -2.32. The van der Waals surface area contributed by atoms with E-state index in [1.165, 1.54) is 22.9 Å². The summed E-state index contributed by atoms with van der Waals surface area (Å²) in [5.41, 5.74) is 3.39. The standard InChI is InChI=1S/C21H21N3OS/c1-23-11-13-24(14-12-23)21-22-20(25)19(26-21)15-16-7-9-18(10-8-16)17-5-3-2-4-6-17/h2-10,15H,11-14H2,1H3. The number of carbonyl (C=O) groups is 1. The van der Waals surface area contributed by atoms with Crippen LogP contribution in [0.15, 0.2) is 64.5 Å². The van der Waals surface area contributed by atoms with Gasteiger partial charge in [-0.2, -0.15) is 4.99 Å². The van der Waals surface area contributed by atoms with Crippen molar-refractivity contribution in [3.05, 3.63) is 65.1 Å². The molecule has 132 valence electrons. The molecule has 0 saturated carbocycles. The lowest BCUT2D eigenvalue weighted by molar-refractivity contribution is -0.113. The molecule has 5 heteroatoms. The molecule has 2 aliphatic heterocycles. The minimum Gasteiger partial charge on any atom is -0.348 e. The minimum absolute atomic E-state index is 0.129. The molecule has 1 amide bonds. The number of piperazine rings is 1. The topological polar surface area (TPSA) is 35.9 Å². The molecule has 0 radical (unpaired) electrons. The molecule has 1 fully saturated rings. The first kappa shape index (κ1) is 17.1. The van der Waals surface area contributed by atoms with Crippen molar-refractivity contribution in [2.75, 3.05) is 33.2 Å². The molecule has 2 aliphatic rings. The number of aliphatic imine (C=N–C) groups is 1. The van der Waals surface area contributed by atoms with Gasteiger partial charge in [-0.05, 0) is 41.6 Å². The second-order valence-corrected chi connectivity index (χ2v) is 7.60. The molecular formula is C21H21N3OS. The molecule has 26 heavy (non-hydrogen) atoms. The highest BCUT2D eigenvalue weighted by Gasteiger charge is 2.27. The van der Waals surface area contributed by atoms with Crippen LogP contribution in [0.25, 0.3) is 17.2 Å². The van der Waals surface area contributed by atoms with Gasteiger partial charge in [-0.15, -0.1) is 0 Å². The third-order valence-electron chi connectivity index (χ3n) is 4.70. The van der Waals surface area contributed by atoms with E-state index in [1.54, 1.807) is 0 Å². The van der Waals surface area contributed by atoms with Gasteiger partial charge in [0.05, 0.1) is 4.91 Å². The first-order chi connectivity index (χ1) is 12.7. The van der Waals surface area contributed by atoms with E-state index in [2.05, 4.69) is 58.2 Å². The van der Waals surface area contributed by atoms with Gasteiger partial charge in [-0.1, -0.05) is 54.6 Å². The maximum Gasteiger partial charge on any atom is 0.286 e. The summed E-state index contributed by atoms with van der Waals surface area (Å²) in [5.74, 6) is -0.129. The van der Waals surface area contributed by atoms with Crippen molar-refractivity contribution in [1.29, 1.82) is 0 Å². The van der Waals surface area contributed by atoms with E-state index in [-0.39, 0.29) is 5.91 Å². The Labute approximate surface area is 158 Å². The molecule has 0 bridgehead atoms. The fourth-order valence-electron chi connectivity index (χ4n) is 3.08. The maximum atomic E-state index is 12.3. The molecule has 2 aromatic carbocycles. The van der Waals surface area contributed by atoms with Crippen LogP contribution in [-0.2, 0) is 4.79 Å². The molecular weight excluding hydrogens is 342 g/mol. The van der Waals surface area contributed by atoms with Crippen LogP contribution in [0.4, 0.5) is 0 Å². The van der Waals surface area contributed by atoms with Crippen molar-refractivity contribution in [2.45, 2.75) is 0 Å². The number of thioether (sulfide) groups is 1. The van der Waals surface area contributed by atoms with Crippen molar-refractivity contribution < 1.29 is 4.79 Å². The van der Waals surface area contributed by atoms with Crippen molar-refractivity contribution >= 4 is 28.9 Å². The lowest BCUT2D eigenvalue weighted by Crippen LogP contribution is -2.46. The van der Waals surface area contributed by atoms with E-state index < -0.39 is 0 Å². The SMILES string of the molecule is CN1CCN(C2=NC(=O)C(=Cc3ccc(-c4ccccc4)cc3)S2)CC1. The molecule has 0 spiro atoms. The van der Waals surface area contributed by atoms with Crippen molar-refractivity contribution in [3.8, 4) is 11.1 Å². The van der Waals surface area contributed by atoms with Crippen LogP contribution in [-0.4, -0.2) is 54.1 Å². The first-order valence-electron chi connectivity index (χ1n) is 8.80. The van der Waals surface area contributed by atoms with Crippen LogP contribution in [0.5, 0.6) is 0 Å². The van der Waals surface area contributed by atoms with Gasteiger partial charge in [-0.3, -0.25) is 4.79 Å². The smallest absolute Gasteiger partial charge is 0.286 e. The van der Waals surface area contributed by atoms with Gasteiger partial charge in [-0.25, -0.2) is 0 Å². The highest BCUT2D eigenvalue weighted by atomic mass is 32.2. The van der Waals surface area contributed by atoms with Crippen LogP contribution in [0.2, 0.25) is 0 Å². The van der Waals surface area contributed by atoms with E-state index in [0.717, 1.165) is 36.9 Å². The number of hydrogen-bond acceptors (Lipinski definition) is 4. The van der Waals surface area contributed by atoms with Crippen LogP contribution in [0.3, 0.4) is 0 Å². The monoisotopic (exact) mass is 363 g/mol. The second kappa shape index (κ2) is 7.48. The Hall–Kier alpha value is -2.37. The normalized spacial score (nSPS) is 19.9. The fraction of sp³-hybridized carbons (Fsp3) is 0.238. The quantitative estimate of drug-likeness (QED) is 0.764. The molecule has 0 atom stereocenters. The Kier molecular flexibility index (Phi) is 4.91. The summed E-state index contributed by atoms with van der Waals surface area (Å²) in [7, 11) is 2.12. The largest absolute Gasteiger partial charge is 0.348 e. The Morgan fingerprint density at radius 1 is 0.923 bits per heavy atom. The predicted molar refractivity (Wildman–Crippen MR) is 109 cm³/mol. The highest BCUT2D eigenvalue weighted by molar-refractivity contribution is 8.18. The van der Waals surface area contributed by atoms with Gasteiger partial charge in [0.1, 0.15) is 0 Å². The second-order valence-electron chi connectivity index (χ2n) is 6.59. The Morgan fingerprint density at radius 3 is 2.27 bits per heavy atom. The third-order valence-corrected chi connectivity index (χ3v) is 5.74. The number of carbonyl (C=O) groups excluding carboxylic acids is 1. The van der Waals surface area contributed by atoms with Gasteiger partial charge in [0.25, 0.3) is 5.91 Å². The Morgan fingerprint density at radius 2 is 1.58 bits per heavy atom. The zero-order valence-electron chi connectivity index (χ0n) is 14.8. The number of likely N-dealkylation sites (N-methyl/N-ethyl adjacent to an activating group) is 1. The molecule has 1 saturated heterocycles. The van der Waals surface area contributed by atoms with Crippen LogP contribution >= 0.6 is 11.8 Å². The van der Waals surface area contributed by atoms with Crippen molar-refractivity contribution in [3.63, 3.8) is 0 Å². The number of nitrogens with zero attached hydrogens (tertiary/aromatic N) is 3. The number of benzene rings is 2. The Balaban J connectivity index is 1.46. The zero-order chi connectivity index (χ0) is 17.9. The molecule has 0 unspecified atom stereocenters. The zero-order valence-corrected chi connectivity index (χ0v) is 15.6. The summed E-state index contributed by atoms with van der Waals surface area (Å²) >= 11 is 1.49. The van der Waals surface area contributed by atoms with Gasteiger partial charge >= 0.3 is 0 Å². The average molecular weight is 363 g/mol. The van der Waals surface area contributed by atoms with Gasteiger partial charge in [0.2, 0.25) is 0 Å². The molecule has 2 aromatic rings. The van der Waals surface area contributed by atoms with E-state index >= 15 is 0 Å². The summed E-state index contributed by atoms with van der Waals surface area (Å²) < 4.78 is 0. The van der Waals surface area contributed by atoms with Crippen LogP contribution in [0, 0.1) is 0 Å². The first-order valence-corrected chi connectivity index (χ1v) is 9.62.